The van der Waals surface area contributed by atoms with Gasteiger partial charge >= 0.3 is 0 Å². The van der Waals surface area contributed by atoms with E-state index in [-0.39, 0.29) is 5.75 Å². The van der Waals surface area contributed by atoms with Gasteiger partial charge < -0.3 is 10.3 Å². The van der Waals surface area contributed by atoms with E-state index in [0.717, 1.165) is 18.5 Å². The quantitative estimate of drug-likeness (QED) is 0.873. The molecule has 0 aliphatic heterocycles. The summed E-state index contributed by atoms with van der Waals surface area (Å²) in [5, 5.41) is 1.19. The molecule has 104 valence electrons. The van der Waals surface area contributed by atoms with E-state index in [9.17, 15) is 8.42 Å². The maximum atomic E-state index is 11.1. The molecule has 2 rings (SSSR count). The second-order valence-corrected chi connectivity index (χ2v) is 7.18. The number of nitrogens with two attached hydrogens (primary N) is 1. The molecule has 0 atom stereocenters. The average molecular weight is 280 g/mol. The minimum atomic E-state index is -2.87. The van der Waals surface area contributed by atoms with E-state index in [1.165, 1.54) is 17.2 Å². The molecule has 2 N–H and O–H groups in total. The molecule has 2 aromatic rings. The molecule has 1 aromatic carbocycles. The zero-order valence-corrected chi connectivity index (χ0v) is 12.0. The van der Waals surface area contributed by atoms with Gasteiger partial charge in [0.25, 0.3) is 0 Å². The van der Waals surface area contributed by atoms with Gasteiger partial charge in [-0.1, -0.05) is 6.07 Å². The number of hydrogen-bond acceptors (Lipinski definition) is 3. The number of aryl methyl sites for hydroxylation is 1. The summed E-state index contributed by atoms with van der Waals surface area (Å²) in [6.07, 6.45) is 4.82. The Morgan fingerprint density at radius 1 is 1.26 bits per heavy atom. The highest BCUT2D eigenvalue weighted by molar-refractivity contribution is 7.90. The molecule has 0 aliphatic carbocycles. The Kier molecular flexibility index (Phi) is 4.27. The summed E-state index contributed by atoms with van der Waals surface area (Å²) in [5.41, 5.74) is 7.94. The van der Waals surface area contributed by atoms with E-state index in [1.807, 2.05) is 6.20 Å². The molecule has 1 heterocycles. The summed E-state index contributed by atoms with van der Waals surface area (Å²) >= 11 is 0. The highest BCUT2D eigenvalue weighted by Crippen LogP contribution is 2.18. The zero-order valence-electron chi connectivity index (χ0n) is 11.2. The van der Waals surface area contributed by atoms with Gasteiger partial charge in [-0.3, -0.25) is 0 Å². The lowest BCUT2D eigenvalue weighted by Crippen LogP contribution is -2.07. The van der Waals surface area contributed by atoms with Crippen LogP contribution < -0.4 is 5.73 Å². The fraction of sp³-hybridized carbons (Fsp3) is 0.429. The average Bonchev–Trinajstić information content (AvgIpc) is 2.71. The van der Waals surface area contributed by atoms with Gasteiger partial charge in [0.2, 0.25) is 0 Å². The van der Waals surface area contributed by atoms with Gasteiger partial charge in [-0.15, -0.1) is 0 Å². The summed E-state index contributed by atoms with van der Waals surface area (Å²) in [4.78, 5) is 0. The summed E-state index contributed by atoms with van der Waals surface area (Å²) in [6, 6.07) is 8.38. The molecule has 1 aromatic heterocycles. The van der Waals surface area contributed by atoms with Crippen molar-refractivity contribution in [1.29, 1.82) is 0 Å². The first-order valence-electron chi connectivity index (χ1n) is 6.45. The maximum Gasteiger partial charge on any atom is 0.147 e. The van der Waals surface area contributed by atoms with Gasteiger partial charge in [0.1, 0.15) is 9.84 Å². The molecule has 0 radical (unpaired) electrons. The third kappa shape index (κ3) is 3.81. The standard InChI is InChI=1S/C14H20N2O2S/c1-19(17,18)10-2-8-16-9-6-13-11-12(5-7-15)3-4-14(13)16/h3-4,6,9,11H,2,5,7-8,10,15H2,1H3. The second kappa shape index (κ2) is 5.75. The molecule has 0 aliphatic rings. The monoisotopic (exact) mass is 280 g/mol. The van der Waals surface area contributed by atoms with Crippen LogP contribution in [0.25, 0.3) is 10.9 Å². The van der Waals surface area contributed by atoms with Crippen LogP contribution in [0.3, 0.4) is 0 Å². The third-order valence-corrected chi connectivity index (χ3v) is 4.21. The molecule has 0 bridgehead atoms. The van der Waals surface area contributed by atoms with Crippen molar-refractivity contribution in [2.45, 2.75) is 19.4 Å². The van der Waals surface area contributed by atoms with Crippen molar-refractivity contribution < 1.29 is 8.42 Å². The van der Waals surface area contributed by atoms with Crippen LogP contribution in [0.1, 0.15) is 12.0 Å². The zero-order chi connectivity index (χ0) is 13.9. The number of rotatable bonds is 6. The van der Waals surface area contributed by atoms with Crippen LogP contribution in [0.4, 0.5) is 0 Å². The molecule has 4 nitrogen and oxygen atoms in total. The summed E-state index contributed by atoms with van der Waals surface area (Å²) in [6.45, 7) is 1.38. The molecule has 0 saturated carbocycles. The number of aromatic nitrogens is 1. The minimum absolute atomic E-state index is 0.234. The van der Waals surface area contributed by atoms with Crippen LogP contribution in [-0.2, 0) is 22.8 Å². The molecule has 0 saturated heterocycles. The molecule has 0 unspecified atom stereocenters. The summed E-state index contributed by atoms with van der Waals surface area (Å²) in [5.74, 6) is 0.234. The number of benzene rings is 1. The van der Waals surface area contributed by atoms with Crippen molar-refractivity contribution >= 4 is 20.7 Å². The Balaban J connectivity index is 2.12. The van der Waals surface area contributed by atoms with Crippen molar-refractivity contribution in [2.75, 3.05) is 18.6 Å². The summed E-state index contributed by atoms with van der Waals surface area (Å²) < 4.78 is 24.3. The fourth-order valence-corrected chi connectivity index (χ4v) is 2.92. The molecular formula is C14H20N2O2S. The molecule has 5 heteroatoms. The SMILES string of the molecule is CS(=O)(=O)CCCn1ccc2cc(CCN)ccc21. The van der Waals surface area contributed by atoms with E-state index >= 15 is 0 Å². The topological polar surface area (TPSA) is 65.1 Å². The molecule has 19 heavy (non-hydrogen) atoms. The normalized spacial score (nSPS) is 12.1. The largest absolute Gasteiger partial charge is 0.347 e. The van der Waals surface area contributed by atoms with Crippen molar-refractivity contribution in [3.63, 3.8) is 0 Å². The van der Waals surface area contributed by atoms with E-state index in [2.05, 4.69) is 28.8 Å². The molecule has 0 fully saturated rings. The smallest absolute Gasteiger partial charge is 0.147 e. The minimum Gasteiger partial charge on any atom is -0.347 e. The van der Waals surface area contributed by atoms with Crippen molar-refractivity contribution in [3.8, 4) is 0 Å². The Labute approximate surface area is 114 Å². The Hall–Kier alpha value is -1.33. The van der Waals surface area contributed by atoms with Gasteiger partial charge in [-0.2, -0.15) is 0 Å². The lowest BCUT2D eigenvalue weighted by Gasteiger charge is -2.06. The van der Waals surface area contributed by atoms with Gasteiger partial charge in [0.05, 0.1) is 5.75 Å². The Bertz CT molecular complexity index is 659. The fourth-order valence-electron chi connectivity index (χ4n) is 2.26. The Morgan fingerprint density at radius 2 is 2.05 bits per heavy atom. The lowest BCUT2D eigenvalue weighted by atomic mass is 10.1. The van der Waals surface area contributed by atoms with Gasteiger partial charge in [0, 0.05) is 24.5 Å². The van der Waals surface area contributed by atoms with Crippen LogP contribution in [0, 0.1) is 0 Å². The van der Waals surface area contributed by atoms with Crippen molar-refractivity contribution in [2.24, 2.45) is 5.73 Å². The first-order valence-corrected chi connectivity index (χ1v) is 8.51. The van der Waals surface area contributed by atoms with Gasteiger partial charge in [-0.25, -0.2) is 8.42 Å². The first kappa shape index (κ1) is 14.1. The lowest BCUT2D eigenvalue weighted by molar-refractivity contribution is 0.593. The number of hydrogen-bond donors (Lipinski definition) is 1. The highest BCUT2D eigenvalue weighted by Gasteiger charge is 2.05. The van der Waals surface area contributed by atoms with Gasteiger partial charge in [-0.05, 0) is 48.5 Å². The highest BCUT2D eigenvalue weighted by atomic mass is 32.2. The van der Waals surface area contributed by atoms with E-state index in [4.69, 9.17) is 5.73 Å². The first-order chi connectivity index (χ1) is 8.99. The third-order valence-electron chi connectivity index (χ3n) is 3.18. The van der Waals surface area contributed by atoms with Crippen LogP contribution in [-0.4, -0.2) is 31.5 Å². The number of sulfone groups is 1. The molecule has 0 spiro atoms. The van der Waals surface area contributed by atoms with Crippen LogP contribution in [0.2, 0.25) is 0 Å². The van der Waals surface area contributed by atoms with E-state index < -0.39 is 9.84 Å². The van der Waals surface area contributed by atoms with Crippen molar-refractivity contribution in [1.82, 2.24) is 4.57 Å². The van der Waals surface area contributed by atoms with E-state index in [1.54, 1.807) is 0 Å². The number of nitrogens with zero attached hydrogens (tertiary/aromatic N) is 1. The Morgan fingerprint density at radius 3 is 2.74 bits per heavy atom. The van der Waals surface area contributed by atoms with Crippen LogP contribution in [0.5, 0.6) is 0 Å². The predicted molar refractivity (Wildman–Crippen MR) is 79.0 cm³/mol. The molecule has 0 amide bonds. The maximum absolute atomic E-state index is 11.1. The van der Waals surface area contributed by atoms with Crippen LogP contribution >= 0.6 is 0 Å². The predicted octanol–water partition coefficient (Wildman–Crippen LogP) is 1.58. The van der Waals surface area contributed by atoms with Crippen LogP contribution in [0.15, 0.2) is 30.5 Å². The van der Waals surface area contributed by atoms with E-state index in [0.29, 0.717) is 13.0 Å². The summed E-state index contributed by atoms with van der Waals surface area (Å²) in [7, 11) is -2.87. The number of fused-ring (bicyclic) bond motifs is 1. The molecular weight excluding hydrogens is 260 g/mol. The van der Waals surface area contributed by atoms with Crippen molar-refractivity contribution in [3.05, 3.63) is 36.0 Å². The second-order valence-electron chi connectivity index (χ2n) is 4.92. The van der Waals surface area contributed by atoms with Gasteiger partial charge in [0.15, 0.2) is 0 Å².